The summed E-state index contributed by atoms with van der Waals surface area (Å²) in [5.74, 6) is 1.81. The van der Waals surface area contributed by atoms with Gasteiger partial charge >= 0.3 is 0 Å². The third kappa shape index (κ3) is 5.33. The molecule has 3 nitrogen and oxygen atoms in total. The Bertz CT molecular complexity index is 650. The Labute approximate surface area is 158 Å². The van der Waals surface area contributed by atoms with Crippen LogP contribution in [0.2, 0.25) is 0 Å². The summed E-state index contributed by atoms with van der Waals surface area (Å²) in [5, 5.41) is 0. The van der Waals surface area contributed by atoms with Gasteiger partial charge in [-0.05, 0) is 75.3 Å². The van der Waals surface area contributed by atoms with E-state index in [1.807, 2.05) is 36.4 Å². The molecule has 0 aromatic heterocycles. The predicted octanol–water partition coefficient (Wildman–Crippen LogP) is 5.18. The van der Waals surface area contributed by atoms with E-state index in [0.29, 0.717) is 0 Å². The van der Waals surface area contributed by atoms with Crippen LogP contribution in [0.1, 0.15) is 38.7 Å². The highest BCUT2D eigenvalue weighted by Crippen LogP contribution is 2.24. The second-order valence-electron chi connectivity index (χ2n) is 7.20. The van der Waals surface area contributed by atoms with Gasteiger partial charge in [-0.25, -0.2) is 0 Å². The van der Waals surface area contributed by atoms with Crippen LogP contribution in [-0.2, 0) is 6.54 Å². The van der Waals surface area contributed by atoms with E-state index < -0.39 is 0 Å². The van der Waals surface area contributed by atoms with Crippen LogP contribution in [0.3, 0.4) is 0 Å². The van der Waals surface area contributed by atoms with Gasteiger partial charge in [-0.3, -0.25) is 4.90 Å². The summed E-state index contributed by atoms with van der Waals surface area (Å²) in [6, 6.07) is 19.3. The molecule has 3 heteroatoms. The largest absolute Gasteiger partial charge is 0.457 e. The van der Waals surface area contributed by atoms with Crippen molar-refractivity contribution in [1.29, 1.82) is 0 Å². The van der Waals surface area contributed by atoms with Crippen molar-refractivity contribution in [1.82, 2.24) is 9.80 Å². The summed E-state index contributed by atoms with van der Waals surface area (Å²) in [5.41, 5.74) is 1.33. The molecule has 26 heavy (non-hydrogen) atoms. The maximum Gasteiger partial charge on any atom is 0.127 e. The monoisotopic (exact) mass is 352 g/mol. The smallest absolute Gasteiger partial charge is 0.127 e. The van der Waals surface area contributed by atoms with E-state index in [0.717, 1.165) is 24.1 Å². The Kier molecular flexibility index (Phi) is 7.10. The van der Waals surface area contributed by atoms with Crippen LogP contribution in [0.15, 0.2) is 54.6 Å². The number of para-hydroxylation sites is 1. The Morgan fingerprint density at radius 2 is 1.69 bits per heavy atom. The van der Waals surface area contributed by atoms with Gasteiger partial charge in [0.1, 0.15) is 11.5 Å². The summed E-state index contributed by atoms with van der Waals surface area (Å²) < 4.78 is 5.97. The Hall–Kier alpha value is -1.84. The van der Waals surface area contributed by atoms with Crippen molar-refractivity contribution in [3.8, 4) is 11.5 Å². The summed E-state index contributed by atoms with van der Waals surface area (Å²) in [6.45, 7) is 10.4. The zero-order valence-electron chi connectivity index (χ0n) is 16.2. The molecule has 0 N–H and O–H groups in total. The molecule has 0 atom stereocenters. The molecule has 1 aliphatic rings. The first kappa shape index (κ1) is 18.9. The third-order valence-electron chi connectivity index (χ3n) is 5.27. The van der Waals surface area contributed by atoms with Crippen molar-refractivity contribution in [2.24, 2.45) is 0 Å². The fourth-order valence-corrected chi connectivity index (χ4v) is 3.92. The highest BCUT2D eigenvalue weighted by Gasteiger charge is 2.23. The quantitative estimate of drug-likeness (QED) is 0.651. The topological polar surface area (TPSA) is 15.7 Å². The molecule has 0 spiro atoms. The van der Waals surface area contributed by atoms with E-state index in [9.17, 15) is 0 Å². The van der Waals surface area contributed by atoms with Gasteiger partial charge in [0, 0.05) is 12.6 Å². The fraction of sp³-hybridized carbons (Fsp3) is 0.478. The number of hydrogen-bond donors (Lipinski definition) is 0. The van der Waals surface area contributed by atoms with Gasteiger partial charge in [0.05, 0.1) is 0 Å². The number of nitrogens with zero attached hydrogens (tertiary/aromatic N) is 2. The van der Waals surface area contributed by atoms with Gasteiger partial charge in [-0.2, -0.15) is 0 Å². The number of benzene rings is 2. The molecule has 3 rings (SSSR count). The minimum absolute atomic E-state index is 0.768. The first-order valence-electron chi connectivity index (χ1n) is 10.1. The zero-order chi connectivity index (χ0) is 18.2. The van der Waals surface area contributed by atoms with Crippen molar-refractivity contribution in [3.63, 3.8) is 0 Å². The van der Waals surface area contributed by atoms with Crippen LogP contribution in [0.5, 0.6) is 11.5 Å². The average molecular weight is 353 g/mol. The lowest BCUT2D eigenvalue weighted by molar-refractivity contribution is 0.108. The molecule has 0 amide bonds. The molecule has 140 valence electrons. The summed E-state index contributed by atoms with van der Waals surface area (Å²) in [4.78, 5) is 5.24. The van der Waals surface area contributed by atoms with Gasteiger partial charge in [-0.1, -0.05) is 44.2 Å². The van der Waals surface area contributed by atoms with Crippen LogP contribution in [0.4, 0.5) is 0 Å². The molecule has 1 saturated heterocycles. The molecule has 2 aromatic rings. The normalized spacial score (nSPS) is 16.1. The van der Waals surface area contributed by atoms with E-state index in [4.69, 9.17) is 4.74 Å². The maximum atomic E-state index is 5.97. The highest BCUT2D eigenvalue weighted by atomic mass is 16.5. The zero-order valence-corrected chi connectivity index (χ0v) is 16.2. The molecule has 1 heterocycles. The van der Waals surface area contributed by atoms with Crippen molar-refractivity contribution in [3.05, 3.63) is 60.2 Å². The van der Waals surface area contributed by atoms with Gasteiger partial charge in [0.15, 0.2) is 0 Å². The summed E-state index contributed by atoms with van der Waals surface area (Å²) >= 11 is 0. The van der Waals surface area contributed by atoms with E-state index in [1.165, 1.54) is 51.0 Å². The minimum atomic E-state index is 0.768. The minimum Gasteiger partial charge on any atom is -0.457 e. The number of piperidine rings is 1. The van der Waals surface area contributed by atoms with Gasteiger partial charge < -0.3 is 9.64 Å². The van der Waals surface area contributed by atoms with Crippen LogP contribution >= 0.6 is 0 Å². The molecule has 2 aromatic carbocycles. The second-order valence-corrected chi connectivity index (χ2v) is 7.20. The number of rotatable bonds is 8. The van der Waals surface area contributed by atoms with Crippen molar-refractivity contribution in [2.75, 3.05) is 26.2 Å². The maximum absolute atomic E-state index is 5.97. The fourth-order valence-electron chi connectivity index (χ4n) is 3.92. The standard InChI is InChI=1S/C23H32N2O/c1-3-15-25(4-2)21-13-16-24(17-14-21)19-20-9-8-12-23(18-20)26-22-10-6-5-7-11-22/h5-12,18,21H,3-4,13-17,19H2,1-2H3. The molecule has 0 aliphatic carbocycles. The predicted molar refractivity (Wildman–Crippen MR) is 109 cm³/mol. The molecular weight excluding hydrogens is 320 g/mol. The van der Waals surface area contributed by atoms with Gasteiger partial charge in [-0.15, -0.1) is 0 Å². The molecule has 0 radical (unpaired) electrons. The molecule has 1 aliphatic heterocycles. The van der Waals surface area contributed by atoms with E-state index in [2.05, 4.69) is 41.8 Å². The summed E-state index contributed by atoms with van der Waals surface area (Å²) in [6.07, 6.45) is 3.82. The SMILES string of the molecule is CCCN(CC)C1CCN(Cc2cccc(Oc3ccccc3)c2)CC1. The van der Waals surface area contributed by atoms with Crippen molar-refractivity contribution in [2.45, 2.75) is 45.7 Å². The molecule has 0 bridgehead atoms. The van der Waals surface area contributed by atoms with E-state index in [1.54, 1.807) is 0 Å². The first-order valence-corrected chi connectivity index (χ1v) is 10.1. The van der Waals surface area contributed by atoms with Crippen LogP contribution in [0.25, 0.3) is 0 Å². The van der Waals surface area contributed by atoms with Crippen LogP contribution in [-0.4, -0.2) is 42.0 Å². The highest BCUT2D eigenvalue weighted by molar-refractivity contribution is 5.33. The Morgan fingerprint density at radius 1 is 0.962 bits per heavy atom. The number of likely N-dealkylation sites (tertiary alicyclic amines) is 1. The van der Waals surface area contributed by atoms with Gasteiger partial charge in [0.2, 0.25) is 0 Å². The van der Waals surface area contributed by atoms with Crippen LogP contribution < -0.4 is 4.74 Å². The van der Waals surface area contributed by atoms with Gasteiger partial charge in [0.25, 0.3) is 0 Å². The summed E-state index contributed by atoms with van der Waals surface area (Å²) in [7, 11) is 0. The molecular formula is C23H32N2O. The molecule has 0 unspecified atom stereocenters. The van der Waals surface area contributed by atoms with Crippen molar-refractivity contribution < 1.29 is 4.74 Å². The number of hydrogen-bond acceptors (Lipinski definition) is 3. The lowest BCUT2D eigenvalue weighted by Crippen LogP contribution is -2.44. The van der Waals surface area contributed by atoms with E-state index in [-0.39, 0.29) is 0 Å². The molecule has 1 fully saturated rings. The Morgan fingerprint density at radius 3 is 2.38 bits per heavy atom. The average Bonchev–Trinajstić information content (AvgIpc) is 2.68. The third-order valence-corrected chi connectivity index (χ3v) is 5.27. The second kappa shape index (κ2) is 9.75. The first-order chi connectivity index (χ1) is 12.8. The number of ether oxygens (including phenoxy) is 1. The Balaban J connectivity index is 1.53. The molecule has 0 saturated carbocycles. The van der Waals surface area contributed by atoms with Crippen LogP contribution in [0, 0.1) is 0 Å². The van der Waals surface area contributed by atoms with E-state index >= 15 is 0 Å². The lowest BCUT2D eigenvalue weighted by atomic mass is 10.0. The van der Waals surface area contributed by atoms with Crippen molar-refractivity contribution >= 4 is 0 Å². The lowest BCUT2D eigenvalue weighted by Gasteiger charge is -2.38.